The van der Waals surface area contributed by atoms with E-state index >= 15 is 0 Å². The monoisotopic (exact) mass is 420 g/mol. The number of anilines is 1. The molecule has 0 spiro atoms. The number of para-hydroxylation sites is 1. The lowest BCUT2D eigenvalue weighted by molar-refractivity contribution is -0.130. The number of imidazole rings is 1. The Kier molecular flexibility index (Phi) is 4.96. The molecule has 1 aliphatic heterocycles. The Hall–Kier alpha value is -3.19. The Balaban J connectivity index is 1.26. The first-order valence-corrected chi connectivity index (χ1v) is 10.8. The summed E-state index contributed by atoms with van der Waals surface area (Å²) in [6.45, 7) is 2.46. The fourth-order valence-electron chi connectivity index (χ4n) is 3.88. The van der Waals surface area contributed by atoms with Crippen LogP contribution in [-0.4, -0.2) is 46.4 Å². The second-order valence-electron chi connectivity index (χ2n) is 7.37. The molecule has 0 atom stereocenters. The normalized spacial score (nSPS) is 14.4. The van der Waals surface area contributed by atoms with Gasteiger partial charge in [-0.2, -0.15) is 0 Å². The first-order valence-electron chi connectivity index (χ1n) is 9.97. The van der Waals surface area contributed by atoms with Crippen molar-refractivity contribution in [1.82, 2.24) is 14.3 Å². The van der Waals surface area contributed by atoms with Crippen LogP contribution in [0, 0.1) is 5.82 Å². The van der Waals surface area contributed by atoms with Crippen molar-refractivity contribution in [2.75, 3.05) is 31.1 Å². The van der Waals surface area contributed by atoms with Crippen LogP contribution >= 0.6 is 11.3 Å². The number of thiazole rings is 1. The van der Waals surface area contributed by atoms with E-state index < -0.39 is 0 Å². The number of hydrogen-bond donors (Lipinski definition) is 0. The molecule has 0 aliphatic carbocycles. The van der Waals surface area contributed by atoms with Crippen molar-refractivity contribution >= 4 is 27.9 Å². The Morgan fingerprint density at radius 3 is 2.50 bits per heavy atom. The van der Waals surface area contributed by atoms with E-state index in [1.165, 1.54) is 6.07 Å². The van der Waals surface area contributed by atoms with Gasteiger partial charge in [0.25, 0.3) is 0 Å². The molecule has 1 saturated heterocycles. The van der Waals surface area contributed by atoms with E-state index in [-0.39, 0.29) is 11.7 Å². The summed E-state index contributed by atoms with van der Waals surface area (Å²) in [6.07, 6.45) is 2.34. The zero-order valence-electron chi connectivity index (χ0n) is 16.4. The van der Waals surface area contributed by atoms with Crippen LogP contribution in [0.25, 0.3) is 16.2 Å². The third kappa shape index (κ3) is 3.57. The molecule has 2 aromatic heterocycles. The smallest absolute Gasteiger partial charge is 0.228 e. The first kappa shape index (κ1) is 18.8. The van der Waals surface area contributed by atoms with Crippen LogP contribution in [0.4, 0.5) is 10.1 Å². The molecular weight excluding hydrogens is 399 g/mol. The second-order valence-corrected chi connectivity index (χ2v) is 8.20. The number of hydrogen-bond acceptors (Lipinski definition) is 4. The lowest BCUT2D eigenvalue weighted by atomic mass is 10.2. The van der Waals surface area contributed by atoms with Crippen LogP contribution in [-0.2, 0) is 11.2 Å². The number of aromatic nitrogens is 2. The SMILES string of the molecule is O=C(Cc1csc2nc(-c3ccccc3)cn12)N1CCN(c2ccccc2F)CC1. The minimum atomic E-state index is -0.215. The van der Waals surface area contributed by atoms with Gasteiger partial charge >= 0.3 is 0 Å². The fourth-order valence-corrected chi connectivity index (χ4v) is 4.75. The van der Waals surface area contributed by atoms with Gasteiger partial charge in [-0.3, -0.25) is 9.20 Å². The van der Waals surface area contributed by atoms with Gasteiger partial charge in [0.15, 0.2) is 4.96 Å². The van der Waals surface area contributed by atoms with Crippen LogP contribution in [0.5, 0.6) is 0 Å². The van der Waals surface area contributed by atoms with Crippen LogP contribution in [0.3, 0.4) is 0 Å². The lowest BCUT2D eigenvalue weighted by Crippen LogP contribution is -2.49. The molecular formula is C23H21FN4OS. The number of nitrogens with zero attached hydrogens (tertiary/aromatic N) is 4. The summed E-state index contributed by atoms with van der Waals surface area (Å²) >= 11 is 1.55. The maximum Gasteiger partial charge on any atom is 0.228 e. The molecule has 1 fully saturated rings. The number of rotatable bonds is 4. The fraction of sp³-hybridized carbons (Fsp3) is 0.217. The summed E-state index contributed by atoms with van der Waals surface area (Å²) in [4.78, 5) is 22.4. The highest BCUT2D eigenvalue weighted by molar-refractivity contribution is 7.15. The first-order chi connectivity index (χ1) is 14.7. The summed E-state index contributed by atoms with van der Waals surface area (Å²) in [5.41, 5.74) is 3.53. The van der Waals surface area contributed by atoms with Crippen molar-refractivity contribution in [2.45, 2.75) is 6.42 Å². The molecule has 5 rings (SSSR count). The maximum atomic E-state index is 14.0. The quantitative estimate of drug-likeness (QED) is 0.499. The molecule has 5 nitrogen and oxygen atoms in total. The molecule has 0 bridgehead atoms. The highest BCUT2D eigenvalue weighted by Gasteiger charge is 2.23. The van der Waals surface area contributed by atoms with Gasteiger partial charge in [0, 0.05) is 49.0 Å². The van der Waals surface area contributed by atoms with Crippen LogP contribution in [0.1, 0.15) is 5.69 Å². The predicted molar refractivity (Wildman–Crippen MR) is 117 cm³/mol. The molecule has 30 heavy (non-hydrogen) atoms. The van der Waals surface area contributed by atoms with Crippen molar-refractivity contribution in [3.63, 3.8) is 0 Å². The second kappa shape index (κ2) is 7.91. The number of amides is 1. The number of fused-ring (bicyclic) bond motifs is 1. The number of piperazine rings is 1. The zero-order chi connectivity index (χ0) is 20.5. The predicted octanol–water partition coefficient (Wildman–Crippen LogP) is 4.09. The molecule has 152 valence electrons. The summed E-state index contributed by atoms with van der Waals surface area (Å²) in [5.74, 6) is -0.120. The summed E-state index contributed by atoms with van der Waals surface area (Å²) < 4.78 is 16.0. The minimum absolute atomic E-state index is 0.0952. The van der Waals surface area contributed by atoms with Crippen LogP contribution in [0.15, 0.2) is 66.2 Å². The molecule has 0 N–H and O–H groups in total. The molecule has 1 amide bonds. The maximum absolute atomic E-state index is 14.0. The van der Waals surface area contributed by atoms with E-state index in [4.69, 9.17) is 0 Å². The Morgan fingerprint density at radius 2 is 1.73 bits per heavy atom. The van der Waals surface area contributed by atoms with Gasteiger partial charge in [0.1, 0.15) is 5.82 Å². The van der Waals surface area contributed by atoms with Crippen molar-refractivity contribution < 1.29 is 9.18 Å². The van der Waals surface area contributed by atoms with Crippen molar-refractivity contribution in [3.8, 4) is 11.3 Å². The molecule has 1 aliphatic rings. The van der Waals surface area contributed by atoms with E-state index in [1.807, 2.05) is 62.2 Å². The van der Waals surface area contributed by atoms with Gasteiger partial charge < -0.3 is 9.80 Å². The van der Waals surface area contributed by atoms with E-state index in [1.54, 1.807) is 23.5 Å². The van der Waals surface area contributed by atoms with E-state index in [0.29, 0.717) is 38.3 Å². The number of halogens is 1. The van der Waals surface area contributed by atoms with Crippen molar-refractivity contribution in [2.24, 2.45) is 0 Å². The topological polar surface area (TPSA) is 40.9 Å². The molecule has 4 aromatic rings. The Bertz CT molecular complexity index is 1180. The Morgan fingerprint density at radius 1 is 1.00 bits per heavy atom. The average Bonchev–Trinajstić information content (AvgIpc) is 3.37. The van der Waals surface area contributed by atoms with Gasteiger partial charge in [-0.15, -0.1) is 11.3 Å². The molecule has 3 heterocycles. The molecule has 0 saturated carbocycles. The minimum Gasteiger partial charge on any atom is -0.366 e. The van der Waals surface area contributed by atoms with Crippen LogP contribution in [0.2, 0.25) is 0 Å². The Labute approximate surface area is 178 Å². The van der Waals surface area contributed by atoms with Crippen LogP contribution < -0.4 is 4.90 Å². The largest absolute Gasteiger partial charge is 0.366 e. The summed E-state index contributed by atoms with van der Waals surface area (Å²) in [6, 6.07) is 16.8. The van der Waals surface area contributed by atoms with Crippen molar-refractivity contribution in [3.05, 3.63) is 77.7 Å². The van der Waals surface area contributed by atoms with Gasteiger partial charge in [-0.25, -0.2) is 9.37 Å². The molecule has 7 heteroatoms. The van der Waals surface area contributed by atoms with E-state index in [0.717, 1.165) is 21.9 Å². The van der Waals surface area contributed by atoms with Gasteiger partial charge in [-0.1, -0.05) is 42.5 Å². The van der Waals surface area contributed by atoms with E-state index in [2.05, 4.69) is 4.98 Å². The highest BCUT2D eigenvalue weighted by atomic mass is 32.1. The third-order valence-electron chi connectivity index (χ3n) is 5.51. The lowest BCUT2D eigenvalue weighted by Gasteiger charge is -2.36. The van der Waals surface area contributed by atoms with Gasteiger partial charge in [0.2, 0.25) is 5.91 Å². The molecule has 0 unspecified atom stereocenters. The summed E-state index contributed by atoms with van der Waals surface area (Å²) in [5, 5.41) is 2.00. The van der Waals surface area contributed by atoms with Gasteiger partial charge in [0.05, 0.1) is 17.8 Å². The van der Waals surface area contributed by atoms with E-state index in [9.17, 15) is 9.18 Å². The molecule has 0 radical (unpaired) electrons. The number of carbonyl (C=O) groups excluding carboxylic acids is 1. The third-order valence-corrected chi connectivity index (χ3v) is 6.40. The standard InChI is InChI=1S/C23H21FN4OS/c24-19-8-4-5-9-21(19)26-10-12-27(13-11-26)22(29)14-18-16-30-23-25-20(15-28(18)23)17-6-2-1-3-7-17/h1-9,15-16H,10-14H2. The summed E-state index contributed by atoms with van der Waals surface area (Å²) in [7, 11) is 0. The zero-order valence-corrected chi connectivity index (χ0v) is 17.2. The van der Waals surface area contributed by atoms with Crippen molar-refractivity contribution in [1.29, 1.82) is 0 Å². The highest BCUT2D eigenvalue weighted by Crippen LogP contribution is 2.24. The van der Waals surface area contributed by atoms with Gasteiger partial charge in [-0.05, 0) is 12.1 Å². The number of carbonyl (C=O) groups is 1. The number of benzene rings is 2. The molecule has 2 aromatic carbocycles. The average molecular weight is 421 g/mol.